The lowest BCUT2D eigenvalue weighted by Crippen LogP contribution is -2.39. The molecule has 0 radical (unpaired) electrons. The van der Waals surface area contributed by atoms with Crippen LogP contribution in [0.4, 0.5) is 0 Å². The number of H-pyrrole nitrogens is 1. The zero-order chi connectivity index (χ0) is 24.7. The van der Waals surface area contributed by atoms with Crippen molar-refractivity contribution in [2.75, 3.05) is 19.7 Å². The van der Waals surface area contributed by atoms with Crippen molar-refractivity contribution < 1.29 is 18.7 Å². The summed E-state index contributed by atoms with van der Waals surface area (Å²) in [4.78, 5) is 23.9. The smallest absolute Gasteiger partial charge is 0.254 e. The summed E-state index contributed by atoms with van der Waals surface area (Å²) < 4.78 is 21.5. The molecule has 0 saturated carbocycles. The fraction of sp³-hybridized carbons (Fsp3) is 0.333. The number of aryl methyl sites for hydroxylation is 2. The van der Waals surface area contributed by atoms with Crippen LogP contribution in [-0.2, 0) is 11.1 Å². The van der Waals surface area contributed by atoms with Gasteiger partial charge in [0.1, 0.15) is 5.65 Å². The fourth-order valence-corrected chi connectivity index (χ4v) is 5.62. The van der Waals surface area contributed by atoms with Gasteiger partial charge < -0.3 is 19.5 Å². The first kappa shape index (κ1) is 23.7. The van der Waals surface area contributed by atoms with E-state index in [0.29, 0.717) is 29.5 Å². The highest BCUT2D eigenvalue weighted by molar-refractivity contribution is 7.79. The average Bonchev–Trinajstić information content (AvgIpc) is 3.24. The molecule has 1 unspecified atom stereocenters. The van der Waals surface area contributed by atoms with Gasteiger partial charge in [-0.15, -0.1) is 0 Å². The monoisotopic (exact) mass is 491 g/mol. The summed E-state index contributed by atoms with van der Waals surface area (Å²) in [6.07, 6.45) is 4.37. The summed E-state index contributed by atoms with van der Waals surface area (Å²) in [6.45, 7) is 5.47. The van der Waals surface area contributed by atoms with E-state index >= 15 is 0 Å². The lowest BCUT2D eigenvalue weighted by molar-refractivity contribution is 0.0677. The first-order valence-electron chi connectivity index (χ1n) is 11.9. The molecule has 182 valence electrons. The minimum absolute atomic E-state index is 0.0159. The Labute approximate surface area is 206 Å². The van der Waals surface area contributed by atoms with Gasteiger partial charge in [-0.1, -0.05) is 12.1 Å². The van der Waals surface area contributed by atoms with Crippen LogP contribution in [0, 0.1) is 19.8 Å². The Hall–Kier alpha value is -3.07. The van der Waals surface area contributed by atoms with Crippen LogP contribution in [-0.4, -0.2) is 54.3 Å². The zero-order valence-corrected chi connectivity index (χ0v) is 20.7. The second kappa shape index (κ2) is 9.53. The molecular weight excluding hydrogens is 462 g/mol. The van der Waals surface area contributed by atoms with E-state index in [4.69, 9.17) is 0 Å². The Morgan fingerprint density at radius 3 is 2.69 bits per heavy atom. The van der Waals surface area contributed by atoms with Gasteiger partial charge in [0.2, 0.25) is 0 Å². The molecule has 1 saturated heterocycles. The lowest BCUT2D eigenvalue weighted by Gasteiger charge is -2.32. The number of nitrogens with one attached hydrogen (secondary N) is 1. The maximum absolute atomic E-state index is 13.7. The van der Waals surface area contributed by atoms with E-state index < -0.39 is 11.1 Å². The molecule has 0 aliphatic carbocycles. The lowest BCUT2D eigenvalue weighted by atomic mass is 9.91. The molecule has 5 rings (SSSR count). The molecule has 3 N–H and O–H groups in total. The molecule has 7 nitrogen and oxygen atoms in total. The van der Waals surface area contributed by atoms with Gasteiger partial charge in [0, 0.05) is 42.2 Å². The summed E-state index contributed by atoms with van der Waals surface area (Å²) in [7, 11) is 0. The van der Waals surface area contributed by atoms with E-state index in [-0.39, 0.29) is 12.5 Å². The first-order chi connectivity index (χ1) is 16.9. The molecular formula is C27H29N3O4S. The molecule has 1 aliphatic rings. The van der Waals surface area contributed by atoms with Crippen molar-refractivity contribution in [2.24, 2.45) is 5.92 Å². The van der Waals surface area contributed by atoms with Crippen molar-refractivity contribution in [1.82, 2.24) is 14.9 Å². The molecule has 1 atom stereocenters. The van der Waals surface area contributed by atoms with Crippen LogP contribution in [0.1, 0.15) is 40.7 Å². The molecule has 0 bridgehead atoms. The Bertz CT molecular complexity index is 1450. The Balaban J connectivity index is 1.68. The van der Waals surface area contributed by atoms with Crippen molar-refractivity contribution in [2.45, 2.75) is 38.0 Å². The number of amides is 1. The van der Waals surface area contributed by atoms with Gasteiger partial charge in [0.25, 0.3) is 5.91 Å². The third kappa shape index (κ3) is 4.37. The molecule has 1 amide bonds. The zero-order valence-electron chi connectivity index (χ0n) is 19.9. The number of likely N-dealkylation sites (tertiary alicyclic amines) is 1. The number of aromatic amines is 1. The quantitative estimate of drug-likeness (QED) is 0.347. The molecule has 2 aromatic carbocycles. The second-order valence-electron chi connectivity index (χ2n) is 9.41. The van der Waals surface area contributed by atoms with Crippen LogP contribution < -0.4 is 0 Å². The Kier molecular flexibility index (Phi) is 6.44. The minimum atomic E-state index is -2.11. The van der Waals surface area contributed by atoms with Crippen molar-refractivity contribution in [3.05, 3.63) is 59.3 Å². The number of piperidine rings is 1. The fourth-order valence-electron chi connectivity index (χ4n) is 5.20. The molecule has 0 spiro atoms. The number of nitrogens with zero attached hydrogens (tertiary/aromatic N) is 2. The van der Waals surface area contributed by atoms with Crippen LogP contribution in [0.25, 0.3) is 33.1 Å². The molecule has 2 aromatic heterocycles. The summed E-state index contributed by atoms with van der Waals surface area (Å²) in [5.74, 6) is 0.436. The minimum Gasteiger partial charge on any atom is -0.396 e. The van der Waals surface area contributed by atoms with E-state index in [9.17, 15) is 18.7 Å². The van der Waals surface area contributed by atoms with Crippen LogP contribution in [0.5, 0.6) is 0 Å². The highest BCUT2D eigenvalue weighted by Gasteiger charge is 2.27. The summed E-state index contributed by atoms with van der Waals surface area (Å²) >= 11 is -2.11. The number of pyridine rings is 1. The number of hydrogen-bond acceptors (Lipinski definition) is 4. The number of fused-ring (bicyclic) bond motifs is 3. The standard InChI is InChI=1S/C27H29N3O4S/c1-16-12-23-24-22(19-4-3-5-20(13-19)35(33)34)14-21(17(2)25(24)29-26(23)28-15-16)27(32)30-9-6-18(7-10-30)8-11-31/h3-5,12-15,18,31H,6-11H2,1-2H3,(H,28,29)(H,33,34). The summed E-state index contributed by atoms with van der Waals surface area (Å²) in [6, 6.07) is 11.0. The molecule has 1 aliphatic heterocycles. The van der Waals surface area contributed by atoms with E-state index in [1.807, 2.05) is 37.1 Å². The third-order valence-electron chi connectivity index (χ3n) is 7.14. The number of hydrogen-bond donors (Lipinski definition) is 3. The van der Waals surface area contributed by atoms with E-state index in [1.165, 1.54) is 0 Å². The number of carbonyl (C=O) groups excluding carboxylic acids is 1. The highest BCUT2D eigenvalue weighted by Crippen LogP contribution is 2.39. The Morgan fingerprint density at radius 1 is 1.20 bits per heavy atom. The van der Waals surface area contributed by atoms with E-state index in [1.54, 1.807) is 18.2 Å². The van der Waals surface area contributed by atoms with Gasteiger partial charge >= 0.3 is 0 Å². The molecule has 1 fully saturated rings. The summed E-state index contributed by atoms with van der Waals surface area (Å²) in [5.41, 5.74) is 5.70. The highest BCUT2D eigenvalue weighted by atomic mass is 32.2. The van der Waals surface area contributed by atoms with Crippen LogP contribution in [0.3, 0.4) is 0 Å². The van der Waals surface area contributed by atoms with Crippen LogP contribution in [0.15, 0.2) is 47.5 Å². The van der Waals surface area contributed by atoms with Gasteiger partial charge in [0.15, 0.2) is 11.1 Å². The van der Waals surface area contributed by atoms with Gasteiger partial charge in [-0.25, -0.2) is 9.19 Å². The van der Waals surface area contributed by atoms with Gasteiger partial charge in [-0.05, 0) is 85.5 Å². The first-order valence-corrected chi connectivity index (χ1v) is 13.0. The molecule has 35 heavy (non-hydrogen) atoms. The molecule has 3 heterocycles. The topological polar surface area (TPSA) is 107 Å². The summed E-state index contributed by atoms with van der Waals surface area (Å²) in [5, 5.41) is 11.2. The van der Waals surface area contributed by atoms with Crippen molar-refractivity contribution in [1.29, 1.82) is 0 Å². The Morgan fingerprint density at radius 2 is 1.97 bits per heavy atom. The van der Waals surface area contributed by atoms with Gasteiger partial charge in [0.05, 0.1) is 10.4 Å². The maximum Gasteiger partial charge on any atom is 0.254 e. The van der Waals surface area contributed by atoms with E-state index in [0.717, 1.165) is 63.5 Å². The number of benzene rings is 2. The van der Waals surface area contributed by atoms with Gasteiger partial charge in [-0.3, -0.25) is 4.79 Å². The largest absolute Gasteiger partial charge is 0.396 e. The SMILES string of the molecule is Cc1cnc2[nH]c3c(C)c(C(=O)N4CCC(CCO)CC4)cc(-c4cccc(S(=O)O)c4)c3c2c1. The predicted octanol–water partition coefficient (Wildman–Crippen LogP) is 4.82. The number of aliphatic hydroxyl groups is 1. The van der Waals surface area contributed by atoms with Gasteiger partial charge in [-0.2, -0.15) is 0 Å². The molecule has 4 aromatic rings. The van der Waals surface area contributed by atoms with Crippen LogP contribution >= 0.6 is 0 Å². The normalized spacial score (nSPS) is 15.7. The van der Waals surface area contributed by atoms with Crippen molar-refractivity contribution in [3.8, 4) is 11.1 Å². The van der Waals surface area contributed by atoms with Crippen molar-refractivity contribution >= 4 is 38.9 Å². The maximum atomic E-state index is 13.7. The predicted molar refractivity (Wildman–Crippen MR) is 138 cm³/mol. The number of aromatic nitrogens is 2. The molecule has 8 heteroatoms. The second-order valence-corrected chi connectivity index (χ2v) is 10.4. The average molecular weight is 492 g/mol. The number of aliphatic hydroxyl groups excluding tert-OH is 1. The third-order valence-corrected chi connectivity index (χ3v) is 7.80. The van der Waals surface area contributed by atoms with E-state index in [2.05, 4.69) is 16.0 Å². The van der Waals surface area contributed by atoms with Crippen LogP contribution in [0.2, 0.25) is 0 Å². The van der Waals surface area contributed by atoms with Crippen molar-refractivity contribution in [3.63, 3.8) is 0 Å². The number of carbonyl (C=O) groups is 1. The number of rotatable bonds is 5.